The van der Waals surface area contributed by atoms with E-state index in [4.69, 9.17) is 0 Å². The van der Waals surface area contributed by atoms with Gasteiger partial charge in [0.05, 0.1) is 17.8 Å². The molecule has 2 rings (SSSR count). The van der Waals surface area contributed by atoms with Crippen molar-refractivity contribution in [2.75, 3.05) is 19.6 Å². The van der Waals surface area contributed by atoms with Gasteiger partial charge in [-0.05, 0) is 13.3 Å². The van der Waals surface area contributed by atoms with Crippen LogP contribution in [0.2, 0.25) is 0 Å². The summed E-state index contributed by atoms with van der Waals surface area (Å²) in [6.07, 6.45) is 3.16. The Morgan fingerprint density at radius 2 is 2.42 bits per heavy atom. The maximum Gasteiger partial charge on any atom is 0.273 e. The zero-order valence-corrected chi connectivity index (χ0v) is 11.4. The molecule has 1 aromatic rings. The molecule has 1 atom stereocenters. The van der Waals surface area contributed by atoms with Gasteiger partial charge in [-0.15, -0.1) is 5.10 Å². The number of carbonyl (C=O) groups excluding carboxylic acids is 1. The molecule has 2 heterocycles. The molecule has 1 amide bonds. The minimum absolute atomic E-state index is 0.220. The minimum atomic E-state index is -0.877. The molecule has 0 aliphatic carbocycles. The molecule has 7 nitrogen and oxygen atoms in total. The molecule has 3 N–H and O–H groups in total. The molecular weight excluding hydrogens is 246 g/mol. The van der Waals surface area contributed by atoms with Gasteiger partial charge in [-0.1, -0.05) is 18.6 Å². The fraction of sp³-hybridized carbons (Fsp3) is 0.750. The molecule has 1 aromatic heterocycles. The van der Waals surface area contributed by atoms with E-state index in [0.29, 0.717) is 12.1 Å². The number of amides is 1. The zero-order chi connectivity index (χ0) is 13.9. The molecule has 1 aliphatic heterocycles. The Morgan fingerprint density at radius 3 is 3.00 bits per heavy atom. The number of carbonyl (C=O) groups is 1. The lowest BCUT2D eigenvalue weighted by molar-refractivity contribution is 0.0468. The van der Waals surface area contributed by atoms with E-state index < -0.39 is 5.60 Å². The van der Waals surface area contributed by atoms with Crippen molar-refractivity contribution in [3.05, 3.63) is 11.9 Å². The topological polar surface area (TPSA) is 92.1 Å². The highest BCUT2D eigenvalue weighted by atomic mass is 16.3. The lowest BCUT2D eigenvalue weighted by Crippen LogP contribution is -2.43. The standard InChI is InChI=1S/C12H21N5O2/c1-3-4-12(2,19)8-14-11(18)10-7-17(16-15-10)9-5-13-6-9/h7,9,13,19H,3-6,8H2,1-2H3,(H,14,18). The van der Waals surface area contributed by atoms with Crippen LogP contribution in [-0.2, 0) is 0 Å². The molecule has 19 heavy (non-hydrogen) atoms. The normalized spacial score (nSPS) is 18.7. The van der Waals surface area contributed by atoms with E-state index in [9.17, 15) is 9.90 Å². The summed E-state index contributed by atoms with van der Waals surface area (Å²) in [7, 11) is 0. The molecule has 0 radical (unpaired) electrons. The summed E-state index contributed by atoms with van der Waals surface area (Å²) in [4.78, 5) is 11.9. The van der Waals surface area contributed by atoms with Crippen molar-refractivity contribution >= 4 is 5.91 Å². The summed E-state index contributed by atoms with van der Waals surface area (Å²) in [6.45, 7) is 5.64. The van der Waals surface area contributed by atoms with Gasteiger partial charge < -0.3 is 15.7 Å². The summed E-state index contributed by atoms with van der Waals surface area (Å²) >= 11 is 0. The van der Waals surface area contributed by atoms with Gasteiger partial charge in [0.15, 0.2) is 5.69 Å². The Labute approximate surface area is 112 Å². The van der Waals surface area contributed by atoms with Gasteiger partial charge in [0.2, 0.25) is 0 Å². The number of aliphatic hydroxyl groups is 1. The van der Waals surface area contributed by atoms with Gasteiger partial charge in [0.25, 0.3) is 5.91 Å². The quantitative estimate of drug-likeness (QED) is 0.658. The first-order valence-corrected chi connectivity index (χ1v) is 6.65. The van der Waals surface area contributed by atoms with Gasteiger partial charge in [-0.3, -0.25) is 4.79 Å². The highest BCUT2D eigenvalue weighted by molar-refractivity contribution is 5.91. The Hall–Kier alpha value is -1.47. The first kappa shape index (κ1) is 14.0. The highest BCUT2D eigenvalue weighted by Crippen LogP contribution is 2.11. The number of nitrogens with one attached hydrogen (secondary N) is 2. The van der Waals surface area contributed by atoms with Gasteiger partial charge in [0, 0.05) is 19.6 Å². The van der Waals surface area contributed by atoms with Crippen molar-refractivity contribution in [2.45, 2.75) is 38.3 Å². The number of hydrogen-bond donors (Lipinski definition) is 3. The number of aromatic nitrogens is 3. The summed E-state index contributed by atoms with van der Waals surface area (Å²) in [5.74, 6) is -0.296. The predicted molar refractivity (Wildman–Crippen MR) is 69.8 cm³/mol. The summed E-state index contributed by atoms with van der Waals surface area (Å²) in [5.41, 5.74) is -0.586. The Morgan fingerprint density at radius 1 is 1.68 bits per heavy atom. The first-order chi connectivity index (χ1) is 9.02. The van der Waals surface area contributed by atoms with Crippen LogP contribution in [0, 0.1) is 0 Å². The molecule has 0 bridgehead atoms. The van der Waals surface area contributed by atoms with Crippen LogP contribution >= 0.6 is 0 Å². The van der Waals surface area contributed by atoms with Crippen molar-refractivity contribution in [3.63, 3.8) is 0 Å². The Balaban J connectivity index is 1.87. The highest BCUT2D eigenvalue weighted by Gasteiger charge is 2.23. The lowest BCUT2D eigenvalue weighted by atomic mass is 10.0. The number of hydrogen-bond acceptors (Lipinski definition) is 5. The summed E-state index contributed by atoms with van der Waals surface area (Å²) in [6, 6.07) is 0.289. The van der Waals surface area contributed by atoms with Gasteiger partial charge in [-0.2, -0.15) is 0 Å². The van der Waals surface area contributed by atoms with E-state index in [2.05, 4.69) is 20.9 Å². The maximum atomic E-state index is 11.9. The number of nitrogens with zero attached hydrogens (tertiary/aromatic N) is 3. The van der Waals surface area contributed by atoms with Crippen LogP contribution < -0.4 is 10.6 Å². The molecule has 1 aliphatic rings. The molecule has 1 fully saturated rings. The molecular formula is C12H21N5O2. The van der Waals surface area contributed by atoms with E-state index in [1.165, 1.54) is 0 Å². The Bertz CT molecular complexity index is 439. The average molecular weight is 267 g/mol. The van der Waals surface area contributed by atoms with E-state index >= 15 is 0 Å². The second-order valence-electron chi connectivity index (χ2n) is 5.33. The first-order valence-electron chi connectivity index (χ1n) is 6.65. The monoisotopic (exact) mass is 267 g/mol. The van der Waals surface area contributed by atoms with Crippen molar-refractivity contribution in [2.24, 2.45) is 0 Å². The van der Waals surface area contributed by atoms with Crippen molar-refractivity contribution in [1.29, 1.82) is 0 Å². The van der Waals surface area contributed by atoms with Crippen LogP contribution in [0.25, 0.3) is 0 Å². The van der Waals surface area contributed by atoms with Crippen LogP contribution in [0.1, 0.15) is 43.2 Å². The van der Waals surface area contributed by atoms with E-state index in [1.807, 2.05) is 6.92 Å². The third kappa shape index (κ3) is 3.51. The molecule has 0 saturated carbocycles. The summed E-state index contributed by atoms with van der Waals surface area (Å²) in [5, 5.41) is 23.6. The number of rotatable bonds is 6. The molecule has 0 spiro atoms. The molecule has 1 saturated heterocycles. The third-order valence-electron chi connectivity index (χ3n) is 3.30. The lowest BCUT2D eigenvalue weighted by Gasteiger charge is -2.26. The molecule has 7 heteroatoms. The van der Waals surface area contributed by atoms with Gasteiger partial charge >= 0.3 is 0 Å². The van der Waals surface area contributed by atoms with Crippen molar-refractivity contribution < 1.29 is 9.90 Å². The molecule has 0 aromatic carbocycles. The van der Waals surface area contributed by atoms with E-state index in [1.54, 1.807) is 17.8 Å². The van der Waals surface area contributed by atoms with E-state index in [0.717, 1.165) is 19.5 Å². The minimum Gasteiger partial charge on any atom is -0.388 e. The smallest absolute Gasteiger partial charge is 0.273 e. The SMILES string of the molecule is CCCC(C)(O)CNC(=O)c1cn(C2CNC2)nn1. The third-order valence-corrected chi connectivity index (χ3v) is 3.30. The second kappa shape index (κ2) is 5.66. The largest absolute Gasteiger partial charge is 0.388 e. The maximum absolute atomic E-state index is 11.9. The van der Waals surface area contributed by atoms with Gasteiger partial charge in [0.1, 0.15) is 0 Å². The fourth-order valence-electron chi connectivity index (χ4n) is 2.01. The fourth-order valence-corrected chi connectivity index (χ4v) is 2.01. The van der Waals surface area contributed by atoms with Crippen LogP contribution in [0.3, 0.4) is 0 Å². The van der Waals surface area contributed by atoms with Gasteiger partial charge in [-0.25, -0.2) is 4.68 Å². The predicted octanol–water partition coefficient (Wildman–Crippen LogP) is -0.297. The molecule has 1 unspecified atom stereocenters. The molecule has 106 valence electrons. The van der Waals surface area contributed by atoms with Crippen LogP contribution in [0.5, 0.6) is 0 Å². The zero-order valence-electron chi connectivity index (χ0n) is 11.4. The Kier molecular flexibility index (Phi) is 4.16. The average Bonchev–Trinajstić information content (AvgIpc) is 2.73. The van der Waals surface area contributed by atoms with Crippen LogP contribution in [0.15, 0.2) is 6.20 Å². The second-order valence-corrected chi connectivity index (χ2v) is 5.33. The van der Waals surface area contributed by atoms with Crippen LogP contribution in [-0.4, -0.2) is 51.2 Å². The summed E-state index contributed by atoms with van der Waals surface area (Å²) < 4.78 is 1.70. The van der Waals surface area contributed by atoms with Crippen molar-refractivity contribution in [3.8, 4) is 0 Å². The van der Waals surface area contributed by atoms with E-state index in [-0.39, 0.29) is 18.5 Å². The van der Waals surface area contributed by atoms with Crippen molar-refractivity contribution in [1.82, 2.24) is 25.6 Å². The van der Waals surface area contributed by atoms with Crippen LogP contribution in [0.4, 0.5) is 0 Å².